The van der Waals surface area contributed by atoms with Crippen molar-refractivity contribution < 1.29 is 14.3 Å². The highest BCUT2D eigenvalue weighted by atomic mass is 16.5. The van der Waals surface area contributed by atoms with Crippen molar-refractivity contribution in [1.82, 2.24) is 0 Å². The lowest BCUT2D eigenvalue weighted by atomic mass is 10.1. The maximum Gasteiger partial charge on any atom is 0.169 e. The smallest absolute Gasteiger partial charge is 0.169 e. The molecule has 0 spiro atoms. The Hall–Kier alpha value is -2.03. The molecule has 0 fully saturated rings. The molecule has 0 aromatic heterocycles. The number of fused-ring (bicyclic) bond motifs is 1. The summed E-state index contributed by atoms with van der Waals surface area (Å²) in [4.78, 5) is 11.0. The average molecular weight is 272 g/mol. The zero-order valence-corrected chi connectivity index (χ0v) is 12.3. The molecule has 0 aliphatic heterocycles. The highest BCUT2D eigenvalue weighted by Crippen LogP contribution is 2.37. The van der Waals surface area contributed by atoms with Crippen LogP contribution < -0.4 is 9.47 Å². The Labute approximate surface area is 119 Å². The fourth-order valence-electron chi connectivity index (χ4n) is 2.07. The Morgan fingerprint density at radius 1 is 0.950 bits per heavy atom. The van der Waals surface area contributed by atoms with Gasteiger partial charge in [-0.15, -0.1) is 0 Å². The van der Waals surface area contributed by atoms with Crippen molar-refractivity contribution in [3.05, 3.63) is 35.9 Å². The van der Waals surface area contributed by atoms with Crippen molar-refractivity contribution >= 4 is 17.1 Å². The first-order valence-electron chi connectivity index (χ1n) is 6.86. The van der Waals surface area contributed by atoms with E-state index in [-0.39, 0.29) is 12.2 Å². The topological polar surface area (TPSA) is 35.5 Å². The number of benzene rings is 2. The number of rotatable bonds is 5. The molecule has 2 aromatic carbocycles. The minimum atomic E-state index is 0.0370. The van der Waals surface area contributed by atoms with Crippen LogP contribution in [0, 0.1) is 0 Å². The number of hydrogen-bond acceptors (Lipinski definition) is 3. The standard InChI is InChI=1S/C17H20O3/c1-11(2)19-16-8-7-14-6-5-13(10-18)9-15(14)17(16)20-12(3)4/h5-12H,1-4H3. The van der Waals surface area contributed by atoms with Crippen molar-refractivity contribution in [2.45, 2.75) is 39.9 Å². The average Bonchev–Trinajstić information content (AvgIpc) is 2.40. The third-order valence-electron chi connectivity index (χ3n) is 2.81. The van der Waals surface area contributed by atoms with Crippen molar-refractivity contribution in [1.29, 1.82) is 0 Å². The third-order valence-corrected chi connectivity index (χ3v) is 2.81. The summed E-state index contributed by atoms with van der Waals surface area (Å²) in [6.45, 7) is 7.90. The fourth-order valence-corrected chi connectivity index (χ4v) is 2.07. The molecule has 3 nitrogen and oxygen atoms in total. The molecule has 0 heterocycles. The summed E-state index contributed by atoms with van der Waals surface area (Å²) in [6, 6.07) is 9.46. The second-order valence-electron chi connectivity index (χ2n) is 5.32. The van der Waals surface area contributed by atoms with Gasteiger partial charge in [-0.2, -0.15) is 0 Å². The van der Waals surface area contributed by atoms with Crippen molar-refractivity contribution in [2.24, 2.45) is 0 Å². The van der Waals surface area contributed by atoms with E-state index in [1.165, 1.54) is 0 Å². The van der Waals surface area contributed by atoms with Crippen LogP contribution in [0.1, 0.15) is 38.1 Å². The fraction of sp³-hybridized carbons (Fsp3) is 0.353. The molecule has 0 unspecified atom stereocenters. The van der Waals surface area contributed by atoms with Crippen LogP contribution in [0.5, 0.6) is 11.5 Å². The quantitative estimate of drug-likeness (QED) is 0.764. The van der Waals surface area contributed by atoms with Gasteiger partial charge in [0.1, 0.15) is 6.29 Å². The van der Waals surface area contributed by atoms with E-state index in [2.05, 4.69) is 0 Å². The maximum atomic E-state index is 11.0. The summed E-state index contributed by atoms with van der Waals surface area (Å²) in [5.74, 6) is 1.42. The minimum absolute atomic E-state index is 0.0370. The molecule has 0 N–H and O–H groups in total. The van der Waals surface area contributed by atoms with Crippen LogP contribution >= 0.6 is 0 Å². The second-order valence-corrected chi connectivity index (χ2v) is 5.32. The number of carbonyl (C=O) groups excluding carboxylic acids is 1. The van der Waals surface area contributed by atoms with Gasteiger partial charge in [0.2, 0.25) is 0 Å². The number of hydrogen-bond donors (Lipinski definition) is 0. The molecule has 0 radical (unpaired) electrons. The summed E-state index contributed by atoms with van der Waals surface area (Å²) in [7, 11) is 0. The highest BCUT2D eigenvalue weighted by molar-refractivity contribution is 5.94. The Balaban J connectivity index is 2.63. The first-order chi connectivity index (χ1) is 9.51. The summed E-state index contributed by atoms with van der Waals surface area (Å²) in [5, 5.41) is 1.93. The normalized spacial score (nSPS) is 11.1. The van der Waals surface area contributed by atoms with Gasteiger partial charge in [-0.25, -0.2) is 0 Å². The largest absolute Gasteiger partial charge is 0.487 e. The number of carbonyl (C=O) groups is 1. The van der Waals surface area contributed by atoms with Gasteiger partial charge in [-0.05, 0) is 45.2 Å². The zero-order chi connectivity index (χ0) is 14.7. The highest BCUT2D eigenvalue weighted by Gasteiger charge is 2.13. The molecule has 0 amide bonds. The van der Waals surface area contributed by atoms with Crippen molar-refractivity contribution in [2.75, 3.05) is 0 Å². The van der Waals surface area contributed by atoms with Gasteiger partial charge in [0, 0.05) is 10.9 Å². The third kappa shape index (κ3) is 3.10. The Bertz CT molecular complexity index is 615. The monoisotopic (exact) mass is 272 g/mol. The predicted octanol–water partition coefficient (Wildman–Crippen LogP) is 4.23. The second kappa shape index (κ2) is 5.95. The predicted molar refractivity (Wildman–Crippen MR) is 80.9 cm³/mol. The SMILES string of the molecule is CC(C)Oc1ccc2ccc(C=O)cc2c1OC(C)C. The number of ether oxygens (including phenoxy) is 2. The van der Waals surface area contributed by atoms with Crippen LogP contribution in [0.3, 0.4) is 0 Å². The molecule has 0 saturated carbocycles. The van der Waals surface area contributed by atoms with Crippen LogP contribution in [0.2, 0.25) is 0 Å². The molecule has 106 valence electrons. The summed E-state index contributed by atoms with van der Waals surface area (Å²) < 4.78 is 11.7. The van der Waals surface area contributed by atoms with Crippen LogP contribution in [0.25, 0.3) is 10.8 Å². The van der Waals surface area contributed by atoms with E-state index in [1.54, 1.807) is 6.07 Å². The molecule has 0 bridgehead atoms. The lowest BCUT2D eigenvalue weighted by Crippen LogP contribution is -2.11. The maximum absolute atomic E-state index is 11.0. The van der Waals surface area contributed by atoms with E-state index in [4.69, 9.17) is 9.47 Å². The minimum Gasteiger partial charge on any atom is -0.487 e. The van der Waals surface area contributed by atoms with Gasteiger partial charge in [-0.3, -0.25) is 4.79 Å². The molecule has 20 heavy (non-hydrogen) atoms. The van der Waals surface area contributed by atoms with E-state index in [0.717, 1.165) is 17.1 Å². The van der Waals surface area contributed by atoms with Gasteiger partial charge in [-0.1, -0.05) is 18.2 Å². The van der Waals surface area contributed by atoms with E-state index < -0.39 is 0 Å². The first-order valence-corrected chi connectivity index (χ1v) is 6.86. The van der Waals surface area contributed by atoms with Gasteiger partial charge < -0.3 is 9.47 Å². The van der Waals surface area contributed by atoms with Crippen molar-refractivity contribution in [3.63, 3.8) is 0 Å². The van der Waals surface area contributed by atoms with Crippen LogP contribution in [-0.2, 0) is 0 Å². The zero-order valence-electron chi connectivity index (χ0n) is 12.3. The van der Waals surface area contributed by atoms with E-state index in [1.807, 2.05) is 52.0 Å². The van der Waals surface area contributed by atoms with E-state index in [9.17, 15) is 4.79 Å². The van der Waals surface area contributed by atoms with E-state index in [0.29, 0.717) is 17.1 Å². The molecule has 3 heteroatoms. The molecule has 0 saturated heterocycles. The van der Waals surface area contributed by atoms with Gasteiger partial charge in [0.25, 0.3) is 0 Å². The Morgan fingerprint density at radius 3 is 2.20 bits per heavy atom. The lowest BCUT2D eigenvalue weighted by Gasteiger charge is -2.19. The molecule has 0 atom stereocenters. The Morgan fingerprint density at radius 2 is 1.60 bits per heavy atom. The first kappa shape index (κ1) is 14.4. The molecular weight excluding hydrogens is 252 g/mol. The molecule has 2 aromatic rings. The van der Waals surface area contributed by atoms with Crippen LogP contribution in [0.15, 0.2) is 30.3 Å². The van der Waals surface area contributed by atoms with Gasteiger partial charge in [0.15, 0.2) is 11.5 Å². The lowest BCUT2D eigenvalue weighted by molar-refractivity contribution is 0.112. The summed E-state index contributed by atoms with van der Waals surface area (Å²) in [5.41, 5.74) is 0.632. The molecule has 0 aliphatic rings. The molecule has 2 rings (SSSR count). The van der Waals surface area contributed by atoms with E-state index >= 15 is 0 Å². The molecule has 0 aliphatic carbocycles. The summed E-state index contributed by atoms with van der Waals surface area (Å²) >= 11 is 0. The van der Waals surface area contributed by atoms with Crippen LogP contribution in [0.4, 0.5) is 0 Å². The van der Waals surface area contributed by atoms with Crippen molar-refractivity contribution in [3.8, 4) is 11.5 Å². The molecular formula is C17H20O3. The van der Waals surface area contributed by atoms with Gasteiger partial charge in [0.05, 0.1) is 12.2 Å². The van der Waals surface area contributed by atoms with Gasteiger partial charge >= 0.3 is 0 Å². The summed E-state index contributed by atoms with van der Waals surface area (Å²) in [6.07, 6.45) is 0.945. The van der Waals surface area contributed by atoms with Crippen LogP contribution in [-0.4, -0.2) is 18.5 Å². The number of aldehydes is 1. The Kier molecular flexibility index (Phi) is 4.28.